The third kappa shape index (κ3) is 21.0. The average molecular weight is 2180 g/mol. The minimum atomic E-state index is -1.41. The molecule has 14 nitrogen and oxygen atoms in total. The van der Waals surface area contributed by atoms with Crippen LogP contribution in [0.2, 0.25) is 0 Å². The van der Waals surface area contributed by atoms with E-state index in [4.69, 9.17) is 13.6 Å². The van der Waals surface area contributed by atoms with E-state index in [-0.39, 0.29) is 53.8 Å². The Morgan fingerprint density at radius 2 is 0.892 bits per heavy atom. The Labute approximate surface area is 860 Å². The SMILES string of the molecule is Brc1ccc(I)cc1.C.CC1(C)c2ccccc2-c2ccc(-c3ccccc3[N+](=O)[O-])cc21.CC1(C)c2ccccc2-c2ccc(B(O)O)cc21.CC1(C)c2ccccc2-c2ccc3c(c21)CC1=C3C=C[C+]=C1.CC1(C)c2ccccc2-c2ccc3c4ccccc4n(-c4ccc(Br)cc4)c3c21.CCOP(OCC)OCC.O=[N+]([O-])c1ccccc1Br.OB(O)c1cccc2c1sc1ccccc12.[B]. The van der Waals surface area contributed by atoms with Gasteiger partial charge in [0.15, 0.2) is 0 Å². The van der Waals surface area contributed by atoms with Crippen molar-refractivity contribution in [3.8, 4) is 61.3 Å². The average Bonchev–Trinajstić information content (AvgIpc) is 1.54. The van der Waals surface area contributed by atoms with Gasteiger partial charge >= 0.3 is 22.8 Å². The zero-order chi connectivity index (χ0) is 96.9. The molecule has 17 aromatic rings. The summed E-state index contributed by atoms with van der Waals surface area (Å²) in [4.78, 5) is 20.8. The van der Waals surface area contributed by atoms with Crippen LogP contribution in [0.4, 0.5) is 11.4 Å². The number of rotatable bonds is 12. The van der Waals surface area contributed by atoms with Gasteiger partial charge in [-0.25, -0.2) is 0 Å². The zero-order valence-corrected chi connectivity index (χ0v) is 86.9. The van der Waals surface area contributed by atoms with Crippen LogP contribution in [-0.4, -0.2) is 77.0 Å². The molecule has 139 heavy (non-hydrogen) atoms. The molecular weight excluding hydrogens is 2070 g/mol. The number of allylic oxidation sites excluding steroid dienone is 6. The lowest BCUT2D eigenvalue weighted by Gasteiger charge is -2.24. The van der Waals surface area contributed by atoms with Crippen molar-refractivity contribution in [2.75, 3.05) is 19.8 Å². The molecule has 23 heteroatoms. The number of thiophene rings is 1. The molecule has 0 fully saturated rings. The molecule has 4 N–H and O–H groups in total. The lowest BCUT2D eigenvalue weighted by Crippen LogP contribution is -2.31. The first-order valence-corrected chi connectivity index (χ1v) is 50.8. The third-order valence-corrected chi connectivity index (χ3v) is 31.1. The first-order valence-electron chi connectivity index (χ1n) is 45.4. The number of benzene rings is 15. The number of nitrogens with zero attached hydrogens (tertiary/aromatic N) is 3. The molecular formula is C116H105B3Br3IN3O11PS+. The standard InChI is InChI=1S/C27H20BrN.C22H17.C21H17NO2.C15H15BO2.C12H9BO2S.C6H4BrI.C6H4BrNO2.C6H15O3P.CH4.B/c1-27(2)23-9-5-3-7-19(23)21-15-16-22-20-8-4-6-10-24(20)29(26(22)25(21)27)18-13-11-17(28)12-14-18;1-22(2)20-10-6-5-9-17(20)18-12-11-16-15-8-4-3-7-14(15)13-19(16)21(18)22;1-21(2)18-9-5-3-8-16(18)17-12-11-14(13-19(17)21)15-7-4-6-10-20(15)22(23)24;1-15(2)13-6-4-3-5-11(13)12-8-7-10(16(17)18)9-14(12)15;14-13(15)10-6-3-5-9-8-4-1-2-7-11(8)16-12(9)10;7-5-1-3-6(8)4-2-5;7-5-3-1-2-4-6(5)8(9)10;1-4-7-10(8-5-2)9-6-3;;/h3-16H,1-2H3;4-12H,13H2,1-2H3;3-13H,1-2H3;3-9,17-18H,1-2H3;1-7,14-15H;1-4H;1-4H;4-6H2,1-3H3;1H4;/q;+1;;;;;;;;. The number of halogens is 4. The van der Waals surface area contributed by atoms with Gasteiger partial charge < -0.3 is 38.2 Å². The highest BCUT2D eigenvalue weighted by molar-refractivity contribution is 14.1. The fourth-order valence-corrected chi connectivity index (χ4v) is 23.1. The van der Waals surface area contributed by atoms with Crippen LogP contribution in [0.15, 0.2) is 359 Å². The minimum absolute atomic E-state index is 0. The molecule has 0 bridgehead atoms. The van der Waals surface area contributed by atoms with E-state index >= 15 is 0 Å². The molecule has 2 heterocycles. The van der Waals surface area contributed by atoms with Gasteiger partial charge in [-0.15, -0.1) is 11.3 Å². The number of nitro benzene ring substituents is 2. The van der Waals surface area contributed by atoms with Gasteiger partial charge in [-0.3, -0.25) is 20.2 Å². The van der Waals surface area contributed by atoms with Gasteiger partial charge in [0.05, 0.1) is 68.0 Å². The molecule has 0 atom stereocenters. The Morgan fingerprint density at radius 1 is 0.446 bits per heavy atom. The van der Waals surface area contributed by atoms with E-state index in [1.807, 2.05) is 112 Å². The Kier molecular flexibility index (Phi) is 33.0. The second-order valence-corrected chi connectivity index (χ2v) is 41.9. The van der Waals surface area contributed by atoms with Crippen molar-refractivity contribution in [1.29, 1.82) is 0 Å². The van der Waals surface area contributed by atoms with Crippen LogP contribution in [0.25, 0.3) is 109 Å². The topological polar surface area (TPSA) is 200 Å². The van der Waals surface area contributed by atoms with Crippen LogP contribution in [0.5, 0.6) is 0 Å². The monoisotopic (exact) mass is 2180 g/mol. The maximum Gasteiger partial charge on any atom is 0.489 e. The molecule has 0 spiro atoms. The summed E-state index contributed by atoms with van der Waals surface area (Å²) in [6.45, 7) is 25.9. The molecule has 6 aliphatic carbocycles. The Bertz CT molecular complexity index is 7510. The van der Waals surface area contributed by atoms with E-state index in [2.05, 4.69) is 337 Å². The summed E-state index contributed by atoms with van der Waals surface area (Å²) in [7, 11) is -3.87. The van der Waals surface area contributed by atoms with E-state index in [1.54, 1.807) is 53.8 Å². The van der Waals surface area contributed by atoms with Crippen molar-refractivity contribution in [2.45, 2.75) is 112 Å². The quantitative estimate of drug-likeness (QED) is 0.0227. The van der Waals surface area contributed by atoms with Crippen LogP contribution < -0.4 is 10.9 Å². The van der Waals surface area contributed by atoms with Crippen molar-refractivity contribution < 1.29 is 43.5 Å². The molecule has 2 aromatic heterocycles. The number of para-hydroxylation sites is 3. The van der Waals surface area contributed by atoms with Gasteiger partial charge in [0.25, 0.3) is 11.4 Å². The summed E-state index contributed by atoms with van der Waals surface area (Å²) in [6.07, 6.45) is 10.7. The number of aromatic nitrogens is 1. The van der Waals surface area contributed by atoms with E-state index < -0.39 is 27.8 Å². The molecule has 23 rings (SSSR count). The van der Waals surface area contributed by atoms with Gasteiger partial charge in [-0.05, 0) is 255 Å². The highest BCUT2D eigenvalue weighted by Gasteiger charge is 2.43. The summed E-state index contributed by atoms with van der Waals surface area (Å²) >= 11 is 13.9. The Balaban J connectivity index is 0.000000130. The maximum absolute atomic E-state index is 11.3. The molecule has 0 amide bonds. The van der Waals surface area contributed by atoms with Gasteiger partial charge in [-0.2, -0.15) is 0 Å². The highest BCUT2D eigenvalue weighted by Crippen LogP contribution is 2.57. The zero-order valence-electron chi connectivity index (χ0n) is 78.2. The highest BCUT2D eigenvalue weighted by atomic mass is 127. The summed E-state index contributed by atoms with van der Waals surface area (Å²) in [5.41, 5.74) is 33.6. The number of hydrogen-bond acceptors (Lipinski definition) is 12. The summed E-state index contributed by atoms with van der Waals surface area (Å²) in [6, 6.07) is 108. The van der Waals surface area contributed by atoms with Crippen LogP contribution in [0, 0.1) is 29.9 Å². The van der Waals surface area contributed by atoms with Crippen LogP contribution in [0.1, 0.15) is 139 Å². The lowest BCUT2D eigenvalue weighted by atomic mass is 9.75. The Hall–Kier alpha value is -11.2. The molecule has 3 radical (unpaired) electrons. The van der Waals surface area contributed by atoms with Gasteiger partial charge in [0.2, 0.25) is 0 Å². The normalized spacial score (nSPS) is 13.6. The number of hydrogen-bond donors (Lipinski definition) is 4. The predicted octanol–water partition coefficient (Wildman–Crippen LogP) is 30.0. The summed E-state index contributed by atoms with van der Waals surface area (Å²) in [5.74, 6) is 0. The van der Waals surface area contributed by atoms with Crippen molar-refractivity contribution in [2.24, 2.45) is 0 Å². The van der Waals surface area contributed by atoms with Gasteiger partial charge in [-0.1, -0.05) is 325 Å². The fourth-order valence-electron chi connectivity index (χ4n) is 19.7. The number of fused-ring (bicyclic) bond motifs is 22. The van der Waals surface area contributed by atoms with E-state index in [9.17, 15) is 40.3 Å². The molecule has 15 aromatic carbocycles. The van der Waals surface area contributed by atoms with Crippen molar-refractivity contribution in [3.05, 3.63) is 444 Å². The molecule has 0 saturated carbocycles. The van der Waals surface area contributed by atoms with Crippen LogP contribution in [0.3, 0.4) is 0 Å². The van der Waals surface area contributed by atoms with Crippen LogP contribution in [-0.2, 0) is 41.7 Å². The third-order valence-electron chi connectivity index (χ3n) is 26.0. The molecule has 0 aliphatic heterocycles. The van der Waals surface area contributed by atoms with Crippen molar-refractivity contribution in [3.63, 3.8) is 0 Å². The fraction of sp³-hybridized carbons (Fsp3) is 0.172. The smallest absolute Gasteiger partial charge is 0.423 e. The van der Waals surface area contributed by atoms with E-state index in [1.165, 1.54) is 153 Å². The lowest BCUT2D eigenvalue weighted by molar-refractivity contribution is -0.385. The Morgan fingerprint density at radius 3 is 1.44 bits per heavy atom. The molecule has 697 valence electrons. The van der Waals surface area contributed by atoms with Crippen molar-refractivity contribution in [1.82, 2.24) is 4.57 Å². The minimum Gasteiger partial charge on any atom is -0.423 e. The van der Waals surface area contributed by atoms with Gasteiger partial charge in [0.1, 0.15) is 12.2 Å². The first-order chi connectivity index (χ1) is 65.9. The molecule has 0 saturated heterocycles. The van der Waals surface area contributed by atoms with Crippen LogP contribution >= 0.6 is 90.3 Å². The summed E-state index contributed by atoms with van der Waals surface area (Å²) < 4.78 is 24.0. The largest absolute Gasteiger partial charge is 0.489 e. The van der Waals surface area contributed by atoms with Crippen molar-refractivity contribution >= 4 is 183 Å². The second-order valence-electron chi connectivity index (χ2n) is 35.7. The van der Waals surface area contributed by atoms with Gasteiger partial charge in [0, 0.05) is 104 Å². The molecule has 6 aliphatic rings. The molecule has 0 unspecified atom stereocenters. The summed E-state index contributed by atoms with van der Waals surface area (Å²) in [5, 5.41) is 63.6. The number of nitro groups is 2. The van der Waals surface area contributed by atoms with E-state index in [0.29, 0.717) is 40.8 Å². The first kappa shape index (κ1) is 104. The second kappa shape index (κ2) is 44.3. The van der Waals surface area contributed by atoms with E-state index in [0.717, 1.165) is 36.6 Å². The maximum atomic E-state index is 11.3. The predicted molar refractivity (Wildman–Crippen MR) is 599 cm³/mol.